The lowest BCUT2D eigenvalue weighted by Gasteiger charge is -2.31. The van der Waals surface area contributed by atoms with Gasteiger partial charge in [-0.3, -0.25) is 9.59 Å². The SMILES string of the molecule is CC(C)CNC(=O)[C@@H](Cc1ccccc1)N(Cc1cccc(Cl)c1)C(=O)COc1ccc(F)cc1. The Hall–Kier alpha value is -3.38. The van der Waals surface area contributed by atoms with Gasteiger partial charge in [-0.1, -0.05) is 67.9 Å². The zero-order chi connectivity index (χ0) is 25.2. The highest BCUT2D eigenvalue weighted by molar-refractivity contribution is 6.30. The van der Waals surface area contributed by atoms with Crippen molar-refractivity contribution in [3.63, 3.8) is 0 Å². The molecule has 0 saturated carbocycles. The second kappa shape index (κ2) is 12.9. The first-order chi connectivity index (χ1) is 16.8. The Morgan fingerprint density at radius 2 is 1.66 bits per heavy atom. The first kappa shape index (κ1) is 26.2. The van der Waals surface area contributed by atoms with Crippen molar-refractivity contribution >= 4 is 23.4 Å². The minimum absolute atomic E-state index is 0.179. The molecule has 7 heteroatoms. The second-order valence-corrected chi connectivity index (χ2v) is 9.18. The van der Waals surface area contributed by atoms with Gasteiger partial charge in [-0.05, 0) is 53.4 Å². The first-order valence-corrected chi connectivity index (χ1v) is 11.9. The van der Waals surface area contributed by atoms with Gasteiger partial charge in [0.25, 0.3) is 5.91 Å². The number of carbonyl (C=O) groups is 2. The first-order valence-electron chi connectivity index (χ1n) is 11.6. The van der Waals surface area contributed by atoms with Gasteiger partial charge in [-0.2, -0.15) is 0 Å². The molecule has 2 amide bonds. The number of rotatable bonds is 11. The summed E-state index contributed by atoms with van der Waals surface area (Å²) in [6, 6.07) is 21.4. The average Bonchev–Trinajstić information content (AvgIpc) is 2.85. The van der Waals surface area contributed by atoms with Crippen LogP contribution in [-0.2, 0) is 22.6 Å². The van der Waals surface area contributed by atoms with E-state index in [0.717, 1.165) is 11.1 Å². The molecular weight excluding hydrogens is 467 g/mol. The number of hydrogen-bond acceptors (Lipinski definition) is 3. The van der Waals surface area contributed by atoms with Crippen molar-refractivity contribution in [2.45, 2.75) is 32.9 Å². The molecule has 0 aromatic heterocycles. The van der Waals surface area contributed by atoms with Crippen LogP contribution in [0.3, 0.4) is 0 Å². The summed E-state index contributed by atoms with van der Waals surface area (Å²) in [7, 11) is 0. The average molecular weight is 497 g/mol. The van der Waals surface area contributed by atoms with Gasteiger partial charge in [0, 0.05) is 24.5 Å². The molecule has 3 aromatic carbocycles. The van der Waals surface area contributed by atoms with Crippen molar-refractivity contribution in [1.29, 1.82) is 0 Å². The van der Waals surface area contributed by atoms with Crippen LogP contribution in [0.25, 0.3) is 0 Å². The topological polar surface area (TPSA) is 58.6 Å². The molecule has 0 radical (unpaired) electrons. The van der Waals surface area contributed by atoms with Crippen LogP contribution in [0.15, 0.2) is 78.9 Å². The maximum Gasteiger partial charge on any atom is 0.261 e. The highest BCUT2D eigenvalue weighted by atomic mass is 35.5. The molecule has 1 N–H and O–H groups in total. The smallest absolute Gasteiger partial charge is 0.261 e. The van der Waals surface area contributed by atoms with Gasteiger partial charge in [0.05, 0.1) is 0 Å². The van der Waals surface area contributed by atoms with E-state index >= 15 is 0 Å². The van der Waals surface area contributed by atoms with Crippen LogP contribution in [0.1, 0.15) is 25.0 Å². The summed E-state index contributed by atoms with van der Waals surface area (Å²) < 4.78 is 18.9. The summed E-state index contributed by atoms with van der Waals surface area (Å²) in [5.41, 5.74) is 1.72. The van der Waals surface area contributed by atoms with Gasteiger partial charge in [0.1, 0.15) is 17.6 Å². The van der Waals surface area contributed by atoms with E-state index < -0.39 is 11.9 Å². The largest absolute Gasteiger partial charge is 0.484 e. The minimum Gasteiger partial charge on any atom is -0.484 e. The highest BCUT2D eigenvalue weighted by Crippen LogP contribution is 2.18. The molecule has 0 bridgehead atoms. The summed E-state index contributed by atoms with van der Waals surface area (Å²) in [5, 5.41) is 3.52. The Morgan fingerprint density at radius 1 is 0.971 bits per heavy atom. The predicted octanol–water partition coefficient (Wildman–Crippen LogP) is 5.27. The van der Waals surface area contributed by atoms with Crippen molar-refractivity contribution in [2.75, 3.05) is 13.2 Å². The van der Waals surface area contributed by atoms with E-state index in [4.69, 9.17) is 16.3 Å². The van der Waals surface area contributed by atoms with Crippen molar-refractivity contribution in [1.82, 2.24) is 10.2 Å². The van der Waals surface area contributed by atoms with Crippen LogP contribution < -0.4 is 10.1 Å². The summed E-state index contributed by atoms with van der Waals surface area (Å²) >= 11 is 6.18. The molecule has 5 nitrogen and oxygen atoms in total. The molecular formula is C28H30ClFN2O3. The third-order valence-corrected chi connectivity index (χ3v) is 5.61. The third kappa shape index (κ3) is 8.41. The maximum atomic E-state index is 13.5. The molecule has 0 fully saturated rings. The van der Waals surface area contributed by atoms with Crippen LogP contribution in [0.5, 0.6) is 5.75 Å². The van der Waals surface area contributed by atoms with Crippen LogP contribution >= 0.6 is 11.6 Å². The quantitative estimate of drug-likeness (QED) is 0.393. The lowest BCUT2D eigenvalue weighted by molar-refractivity contribution is -0.142. The van der Waals surface area contributed by atoms with Crippen LogP contribution in [0, 0.1) is 11.7 Å². The van der Waals surface area contributed by atoms with Crippen LogP contribution in [0.4, 0.5) is 4.39 Å². The minimum atomic E-state index is -0.764. The lowest BCUT2D eigenvalue weighted by atomic mass is 10.0. The molecule has 0 saturated heterocycles. The summed E-state index contributed by atoms with van der Waals surface area (Å²) in [4.78, 5) is 28.3. The fourth-order valence-electron chi connectivity index (χ4n) is 3.57. The molecule has 0 aliphatic carbocycles. The molecule has 0 unspecified atom stereocenters. The molecule has 3 aromatic rings. The normalized spacial score (nSPS) is 11.7. The number of halogens is 2. The Balaban J connectivity index is 1.89. The van der Waals surface area contributed by atoms with E-state index in [9.17, 15) is 14.0 Å². The number of ether oxygens (including phenoxy) is 1. The monoisotopic (exact) mass is 496 g/mol. The van der Waals surface area contributed by atoms with E-state index in [2.05, 4.69) is 5.32 Å². The Bertz CT molecular complexity index is 1110. The molecule has 184 valence electrons. The van der Waals surface area contributed by atoms with Crippen LogP contribution in [-0.4, -0.2) is 35.9 Å². The molecule has 0 aliphatic heterocycles. The van der Waals surface area contributed by atoms with Gasteiger partial charge in [-0.15, -0.1) is 0 Å². The lowest BCUT2D eigenvalue weighted by Crippen LogP contribution is -2.52. The Morgan fingerprint density at radius 3 is 2.31 bits per heavy atom. The Kier molecular flexibility index (Phi) is 9.67. The van der Waals surface area contributed by atoms with Crippen molar-refractivity contribution in [2.24, 2.45) is 5.92 Å². The molecule has 3 rings (SSSR count). The van der Waals surface area contributed by atoms with Crippen molar-refractivity contribution in [3.05, 3.63) is 101 Å². The highest BCUT2D eigenvalue weighted by Gasteiger charge is 2.30. The summed E-state index contributed by atoms with van der Waals surface area (Å²) in [6.45, 7) is 4.40. The van der Waals surface area contributed by atoms with Gasteiger partial charge < -0.3 is 15.0 Å². The molecule has 35 heavy (non-hydrogen) atoms. The number of nitrogens with zero attached hydrogens (tertiary/aromatic N) is 1. The van der Waals surface area contributed by atoms with E-state index in [0.29, 0.717) is 23.7 Å². The number of hydrogen-bond donors (Lipinski definition) is 1. The molecule has 0 aliphatic rings. The molecule has 0 heterocycles. The molecule has 1 atom stereocenters. The van der Waals surface area contributed by atoms with Crippen LogP contribution in [0.2, 0.25) is 5.02 Å². The van der Waals surface area contributed by atoms with Gasteiger partial charge in [0.15, 0.2) is 6.61 Å². The van der Waals surface area contributed by atoms with E-state index in [1.807, 2.05) is 50.2 Å². The van der Waals surface area contributed by atoms with E-state index in [1.54, 1.807) is 18.2 Å². The van der Waals surface area contributed by atoms with Crippen molar-refractivity contribution < 1.29 is 18.7 Å². The standard InChI is InChI=1S/C28H30ClFN2O3/c1-20(2)17-31-28(34)26(16-21-7-4-3-5-8-21)32(18-22-9-6-10-23(29)15-22)27(33)19-35-25-13-11-24(30)12-14-25/h3-15,20,26H,16-19H2,1-2H3,(H,31,34)/t26-/m1/s1. The predicted molar refractivity (Wildman–Crippen MR) is 136 cm³/mol. The fraction of sp³-hybridized carbons (Fsp3) is 0.286. The maximum absolute atomic E-state index is 13.5. The summed E-state index contributed by atoms with van der Waals surface area (Å²) in [5.74, 6) is -0.368. The third-order valence-electron chi connectivity index (χ3n) is 5.37. The summed E-state index contributed by atoms with van der Waals surface area (Å²) in [6.07, 6.45) is 0.341. The molecule has 0 spiro atoms. The fourth-order valence-corrected chi connectivity index (χ4v) is 3.78. The zero-order valence-corrected chi connectivity index (χ0v) is 20.7. The van der Waals surface area contributed by atoms with Gasteiger partial charge in [-0.25, -0.2) is 4.39 Å². The number of amides is 2. The number of benzene rings is 3. The van der Waals surface area contributed by atoms with Crippen molar-refractivity contribution in [3.8, 4) is 5.75 Å². The van der Waals surface area contributed by atoms with E-state index in [1.165, 1.54) is 29.2 Å². The zero-order valence-electron chi connectivity index (χ0n) is 19.9. The number of carbonyl (C=O) groups excluding carboxylic acids is 2. The second-order valence-electron chi connectivity index (χ2n) is 8.74. The Labute approximate surface area is 210 Å². The van der Waals surface area contributed by atoms with E-state index in [-0.39, 0.29) is 30.9 Å². The van der Waals surface area contributed by atoms with Gasteiger partial charge in [0.2, 0.25) is 5.91 Å². The number of nitrogens with one attached hydrogen (secondary N) is 1. The van der Waals surface area contributed by atoms with Gasteiger partial charge >= 0.3 is 0 Å².